The minimum absolute atomic E-state index is 0.301. The number of halogens is 2. The first kappa shape index (κ1) is 22.3. The number of benzene rings is 1. The molecule has 0 atom stereocenters. The molecule has 1 aliphatic rings. The number of aryl methyl sites for hydroxylation is 2. The lowest BCUT2D eigenvalue weighted by Gasteiger charge is -2.35. The SMILES string of the molecule is Cc1nn(C)c2ncc(C(=O)NC(=O)Nc3ccc(Cl)c(Cl)c3)c(N3CCN(C)CC3)c12. The number of urea groups is 1. The number of rotatable bonds is 3. The maximum atomic E-state index is 13.1. The first-order valence-corrected chi connectivity index (χ1v) is 10.8. The monoisotopic (exact) mass is 475 g/mol. The molecule has 0 bridgehead atoms. The standard InChI is InChI=1S/C21H23Cl2N7O2/c1-12-17-18(30-8-6-28(2)7-9-30)14(11-24-19(17)29(3)27-12)20(31)26-21(32)25-13-4-5-15(22)16(23)10-13/h4-5,10-11H,6-9H2,1-3H3,(H2,25,26,31,32). The summed E-state index contributed by atoms with van der Waals surface area (Å²) in [7, 11) is 3.89. The number of nitrogens with one attached hydrogen (secondary N) is 2. The summed E-state index contributed by atoms with van der Waals surface area (Å²) in [4.78, 5) is 34.4. The molecule has 1 fully saturated rings. The largest absolute Gasteiger partial charge is 0.368 e. The van der Waals surface area contributed by atoms with E-state index in [4.69, 9.17) is 23.2 Å². The Morgan fingerprint density at radius 2 is 1.78 bits per heavy atom. The minimum Gasteiger partial charge on any atom is -0.368 e. The third-order valence-electron chi connectivity index (χ3n) is 5.47. The van der Waals surface area contributed by atoms with E-state index in [-0.39, 0.29) is 0 Å². The second kappa shape index (κ2) is 8.93. The van der Waals surface area contributed by atoms with Crippen LogP contribution in [0.2, 0.25) is 10.0 Å². The summed E-state index contributed by atoms with van der Waals surface area (Å²) in [5, 5.41) is 10.9. The summed E-state index contributed by atoms with van der Waals surface area (Å²) < 4.78 is 1.70. The zero-order valence-electron chi connectivity index (χ0n) is 17.9. The molecule has 32 heavy (non-hydrogen) atoms. The molecule has 9 nitrogen and oxygen atoms in total. The Labute approximate surface area is 195 Å². The highest BCUT2D eigenvalue weighted by atomic mass is 35.5. The lowest BCUT2D eigenvalue weighted by atomic mass is 10.1. The number of fused-ring (bicyclic) bond motifs is 1. The van der Waals surface area contributed by atoms with Crippen LogP contribution >= 0.6 is 23.2 Å². The number of piperazine rings is 1. The number of hydrogen-bond acceptors (Lipinski definition) is 6. The molecule has 2 N–H and O–H groups in total. The van der Waals surface area contributed by atoms with Gasteiger partial charge in [-0.3, -0.25) is 14.8 Å². The van der Waals surface area contributed by atoms with Gasteiger partial charge in [-0.05, 0) is 32.2 Å². The number of amides is 3. The number of likely N-dealkylation sites (N-methyl/N-ethyl adjacent to an activating group) is 1. The van der Waals surface area contributed by atoms with E-state index >= 15 is 0 Å². The van der Waals surface area contributed by atoms with Gasteiger partial charge in [-0.1, -0.05) is 23.2 Å². The van der Waals surface area contributed by atoms with Crippen LogP contribution in [0.15, 0.2) is 24.4 Å². The van der Waals surface area contributed by atoms with Crippen LogP contribution in [-0.2, 0) is 7.05 Å². The van der Waals surface area contributed by atoms with Crippen molar-refractivity contribution in [1.82, 2.24) is 25.0 Å². The summed E-state index contributed by atoms with van der Waals surface area (Å²) in [5.41, 5.74) is 2.95. The summed E-state index contributed by atoms with van der Waals surface area (Å²) in [5.74, 6) is -0.547. The van der Waals surface area contributed by atoms with Crippen molar-refractivity contribution < 1.29 is 9.59 Å². The van der Waals surface area contributed by atoms with Crippen LogP contribution in [0.25, 0.3) is 11.0 Å². The van der Waals surface area contributed by atoms with Crippen molar-refractivity contribution in [3.63, 3.8) is 0 Å². The second-order valence-corrected chi connectivity index (χ2v) is 8.57. The molecule has 0 radical (unpaired) electrons. The Morgan fingerprint density at radius 3 is 2.47 bits per heavy atom. The fourth-order valence-corrected chi connectivity index (χ4v) is 4.12. The molecule has 11 heteroatoms. The van der Waals surface area contributed by atoms with Crippen molar-refractivity contribution in [2.45, 2.75) is 6.92 Å². The van der Waals surface area contributed by atoms with E-state index in [1.165, 1.54) is 12.3 Å². The fourth-order valence-electron chi connectivity index (χ4n) is 3.82. The fraction of sp³-hybridized carbons (Fsp3) is 0.333. The van der Waals surface area contributed by atoms with Gasteiger partial charge in [0.2, 0.25) is 0 Å². The van der Waals surface area contributed by atoms with Crippen LogP contribution in [0, 0.1) is 6.92 Å². The molecule has 168 valence electrons. The Hall–Kier alpha value is -2.88. The Balaban J connectivity index is 1.64. The Kier molecular flexibility index (Phi) is 6.23. The van der Waals surface area contributed by atoms with E-state index in [0.717, 1.165) is 42.9 Å². The number of pyridine rings is 1. The molecule has 1 saturated heterocycles. The Morgan fingerprint density at radius 1 is 1.06 bits per heavy atom. The van der Waals surface area contributed by atoms with E-state index in [1.807, 2.05) is 14.0 Å². The quantitative estimate of drug-likeness (QED) is 0.603. The molecule has 3 amide bonds. The van der Waals surface area contributed by atoms with Gasteiger partial charge < -0.3 is 15.1 Å². The van der Waals surface area contributed by atoms with E-state index in [9.17, 15) is 9.59 Å². The van der Waals surface area contributed by atoms with Gasteiger partial charge >= 0.3 is 6.03 Å². The van der Waals surface area contributed by atoms with Gasteiger partial charge in [0.25, 0.3) is 5.91 Å². The van der Waals surface area contributed by atoms with Crippen molar-refractivity contribution >= 4 is 57.5 Å². The third-order valence-corrected chi connectivity index (χ3v) is 6.21. The average Bonchev–Trinajstić information content (AvgIpc) is 3.04. The first-order valence-electron chi connectivity index (χ1n) is 10.1. The van der Waals surface area contributed by atoms with Gasteiger partial charge in [0.05, 0.1) is 32.4 Å². The zero-order valence-corrected chi connectivity index (χ0v) is 19.5. The van der Waals surface area contributed by atoms with E-state index < -0.39 is 11.9 Å². The molecule has 1 aromatic carbocycles. The number of hydrogen-bond donors (Lipinski definition) is 2. The van der Waals surface area contributed by atoms with Gasteiger partial charge in [0, 0.05) is 45.1 Å². The number of aromatic nitrogens is 3. The van der Waals surface area contributed by atoms with E-state index in [0.29, 0.717) is 26.9 Å². The number of nitrogens with zero attached hydrogens (tertiary/aromatic N) is 5. The predicted octanol–water partition coefficient (Wildman–Crippen LogP) is 3.30. The number of anilines is 2. The molecular weight excluding hydrogens is 453 g/mol. The molecule has 0 saturated carbocycles. The molecule has 3 aromatic rings. The third kappa shape index (κ3) is 4.36. The highest BCUT2D eigenvalue weighted by Crippen LogP contribution is 2.32. The van der Waals surface area contributed by atoms with Crippen molar-refractivity contribution in [2.24, 2.45) is 7.05 Å². The van der Waals surface area contributed by atoms with Crippen LogP contribution in [0.5, 0.6) is 0 Å². The Bertz CT molecular complexity index is 1200. The smallest absolute Gasteiger partial charge is 0.326 e. The minimum atomic E-state index is -0.680. The normalized spacial score (nSPS) is 14.6. The van der Waals surface area contributed by atoms with Gasteiger partial charge in [0.15, 0.2) is 5.65 Å². The topological polar surface area (TPSA) is 95.4 Å². The van der Waals surface area contributed by atoms with Crippen LogP contribution in [0.3, 0.4) is 0 Å². The number of carbonyl (C=O) groups is 2. The molecule has 0 spiro atoms. The second-order valence-electron chi connectivity index (χ2n) is 7.76. The summed E-state index contributed by atoms with van der Waals surface area (Å²) in [6.07, 6.45) is 1.50. The van der Waals surface area contributed by atoms with Crippen LogP contribution in [-0.4, -0.2) is 64.8 Å². The highest BCUT2D eigenvalue weighted by Gasteiger charge is 2.26. The van der Waals surface area contributed by atoms with Crippen LogP contribution in [0.4, 0.5) is 16.2 Å². The van der Waals surface area contributed by atoms with Gasteiger partial charge in [-0.2, -0.15) is 5.10 Å². The van der Waals surface area contributed by atoms with E-state index in [2.05, 4.69) is 37.6 Å². The number of imide groups is 1. The summed E-state index contributed by atoms with van der Waals surface area (Å²) in [6.45, 7) is 5.12. The molecule has 3 heterocycles. The maximum absolute atomic E-state index is 13.1. The first-order chi connectivity index (χ1) is 15.2. The van der Waals surface area contributed by atoms with Crippen LogP contribution < -0.4 is 15.5 Å². The molecule has 0 unspecified atom stereocenters. The summed E-state index contributed by atoms with van der Waals surface area (Å²) >= 11 is 11.9. The van der Waals surface area contributed by atoms with Gasteiger partial charge in [0.1, 0.15) is 0 Å². The lowest BCUT2D eigenvalue weighted by molar-refractivity contribution is 0.0967. The average molecular weight is 476 g/mol. The van der Waals surface area contributed by atoms with Crippen molar-refractivity contribution in [1.29, 1.82) is 0 Å². The van der Waals surface area contributed by atoms with Crippen LogP contribution in [0.1, 0.15) is 16.1 Å². The van der Waals surface area contributed by atoms with Gasteiger partial charge in [-0.15, -0.1) is 0 Å². The molecule has 0 aliphatic carbocycles. The van der Waals surface area contributed by atoms with Crippen molar-refractivity contribution in [3.05, 3.63) is 45.7 Å². The number of carbonyl (C=O) groups excluding carboxylic acids is 2. The van der Waals surface area contributed by atoms with Crippen molar-refractivity contribution in [2.75, 3.05) is 43.4 Å². The van der Waals surface area contributed by atoms with E-state index in [1.54, 1.807) is 16.8 Å². The predicted molar refractivity (Wildman–Crippen MR) is 126 cm³/mol. The van der Waals surface area contributed by atoms with Crippen molar-refractivity contribution in [3.8, 4) is 0 Å². The summed E-state index contributed by atoms with van der Waals surface area (Å²) in [6, 6.07) is 3.99. The lowest BCUT2D eigenvalue weighted by Crippen LogP contribution is -2.45. The molecular formula is C21H23Cl2N7O2. The molecule has 4 rings (SSSR count). The highest BCUT2D eigenvalue weighted by molar-refractivity contribution is 6.42. The molecule has 1 aliphatic heterocycles. The van der Waals surface area contributed by atoms with Gasteiger partial charge in [-0.25, -0.2) is 9.78 Å². The molecule has 2 aromatic heterocycles. The maximum Gasteiger partial charge on any atom is 0.326 e. The zero-order chi connectivity index (χ0) is 23.0.